The topological polar surface area (TPSA) is 125 Å². The molecule has 0 spiro atoms. The number of halogens is 3. The van der Waals surface area contributed by atoms with Crippen molar-refractivity contribution in [1.29, 1.82) is 0 Å². The van der Waals surface area contributed by atoms with E-state index in [4.69, 9.17) is 49.4 Å². The van der Waals surface area contributed by atoms with Crippen LogP contribution in [0.1, 0.15) is 26.3 Å². The number of pyridine rings is 1. The molecule has 2 aliphatic heterocycles. The molecule has 1 amide bonds. The summed E-state index contributed by atoms with van der Waals surface area (Å²) in [7, 11) is -6.01. The second-order valence-electron chi connectivity index (χ2n) is 18.6. The van der Waals surface area contributed by atoms with Gasteiger partial charge in [-0.1, -0.05) is 82.3 Å². The van der Waals surface area contributed by atoms with Crippen molar-refractivity contribution < 1.29 is 46.4 Å². The van der Waals surface area contributed by atoms with E-state index in [1.165, 1.54) is 0 Å². The van der Waals surface area contributed by atoms with Gasteiger partial charge in [-0.25, -0.2) is 13.6 Å². The third-order valence-corrected chi connectivity index (χ3v) is 19.9. The van der Waals surface area contributed by atoms with Crippen LogP contribution in [0.5, 0.6) is 11.9 Å². The van der Waals surface area contributed by atoms with Crippen molar-refractivity contribution in [2.45, 2.75) is 133 Å². The summed E-state index contributed by atoms with van der Waals surface area (Å²) in [6.45, 7) is 25.4. The first-order chi connectivity index (χ1) is 26.4. The van der Waals surface area contributed by atoms with E-state index in [1.807, 2.05) is 0 Å². The Kier molecular flexibility index (Phi) is 14.6. The Labute approximate surface area is 345 Å². The summed E-state index contributed by atoms with van der Waals surface area (Å²) in [5.74, 6) is -1.77. The minimum Gasteiger partial charge on any atom is -0.471 e. The zero-order chi connectivity index (χ0) is 42.1. The van der Waals surface area contributed by atoms with Crippen LogP contribution in [0, 0.1) is 11.6 Å². The zero-order valence-electron chi connectivity index (χ0n) is 35.3. The standard InChI is InChI=1S/C38H59ClF2N4O8SSi3/c1-38(2,3)57(11,12)53-31-22-50-32-30(21-49-33(31)32)52-36-42-29-19-26(39)35(43-34(29)45(36)23-47-13-15-55(5,6)7)51-20-25-27(40)17-24(18-28(25)41)54(4)44-37(46)48-14-16-56(8,9)10/h17-19,30-33H,13-16,20-23H2,1-12H3/t30-,31-,32-,33-,54?/m1/s1. The maximum absolute atomic E-state index is 15.4. The summed E-state index contributed by atoms with van der Waals surface area (Å²) < 4.78 is 79.2. The molecule has 0 saturated carbocycles. The molecule has 4 heterocycles. The van der Waals surface area contributed by atoms with Gasteiger partial charge in [0.15, 0.2) is 20.1 Å². The number of hydrogen-bond donors (Lipinski definition) is 0. The lowest BCUT2D eigenvalue weighted by Crippen LogP contribution is -2.47. The Balaban J connectivity index is 1.33. The Morgan fingerprint density at radius 3 is 2.16 bits per heavy atom. The van der Waals surface area contributed by atoms with Gasteiger partial charge in [0.25, 0.3) is 0 Å². The summed E-state index contributed by atoms with van der Waals surface area (Å²) in [5.41, 5.74) is 0.434. The minimum atomic E-state index is -2.08. The van der Waals surface area contributed by atoms with E-state index in [-0.39, 0.29) is 70.7 Å². The molecule has 57 heavy (non-hydrogen) atoms. The van der Waals surface area contributed by atoms with E-state index in [2.05, 4.69) is 82.5 Å². The molecule has 12 nitrogen and oxygen atoms in total. The number of nitrogens with zero attached hydrogens (tertiary/aromatic N) is 4. The molecular formula is C38H59ClF2N4O8SSi3. The highest BCUT2D eigenvalue weighted by Gasteiger charge is 2.52. The van der Waals surface area contributed by atoms with Crippen LogP contribution < -0.4 is 9.47 Å². The van der Waals surface area contributed by atoms with Gasteiger partial charge >= 0.3 is 12.1 Å². The van der Waals surface area contributed by atoms with Gasteiger partial charge in [-0.05, 0) is 54.7 Å². The van der Waals surface area contributed by atoms with Crippen molar-refractivity contribution in [3.8, 4) is 11.9 Å². The van der Waals surface area contributed by atoms with Crippen LogP contribution in [0.25, 0.3) is 11.2 Å². The van der Waals surface area contributed by atoms with Crippen molar-refractivity contribution >= 4 is 64.0 Å². The minimum absolute atomic E-state index is 0.0320. The quantitative estimate of drug-likeness (QED) is 0.102. The van der Waals surface area contributed by atoms with Gasteiger partial charge in [0.1, 0.15) is 47.7 Å². The molecule has 2 saturated heterocycles. The summed E-state index contributed by atoms with van der Waals surface area (Å²) in [6, 6.07) is 5.82. The number of carbonyl (C=O) groups excluding carboxylic acids is 1. The Bertz CT molecular complexity index is 1930. The normalized spacial score (nSPS) is 21.0. The highest BCUT2D eigenvalue weighted by molar-refractivity contribution is 7.86. The summed E-state index contributed by atoms with van der Waals surface area (Å²) >= 11 is 6.61. The Morgan fingerprint density at radius 1 is 0.947 bits per heavy atom. The smallest absolute Gasteiger partial charge is 0.439 e. The van der Waals surface area contributed by atoms with Crippen LogP contribution in [-0.2, 0) is 47.4 Å². The highest BCUT2D eigenvalue weighted by Crippen LogP contribution is 2.41. The first kappa shape index (κ1) is 45.8. The monoisotopic (exact) mass is 888 g/mol. The van der Waals surface area contributed by atoms with Gasteiger partial charge in [0, 0.05) is 27.7 Å². The fourth-order valence-corrected chi connectivity index (χ4v) is 9.73. The number of carbonyl (C=O) groups is 1. The molecule has 1 unspecified atom stereocenters. The molecule has 5 atom stereocenters. The van der Waals surface area contributed by atoms with Gasteiger partial charge in [-0.3, -0.25) is 4.57 Å². The molecule has 0 N–H and O–H groups in total. The van der Waals surface area contributed by atoms with E-state index in [0.717, 1.165) is 24.2 Å². The van der Waals surface area contributed by atoms with Crippen molar-refractivity contribution in [2.24, 2.45) is 4.36 Å². The molecule has 3 aromatic rings. The number of amides is 1. The first-order valence-electron chi connectivity index (χ1n) is 19.3. The number of benzene rings is 1. The van der Waals surface area contributed by atoms with Gasteiger partial charge in [-0.15, -0.1) is 4.36 Å². The Morgan fingerprint density at radius 2 is 1.54 bits per heavy atom. The van der Waals surface area contributed by atoms with Crippen LogP contribution >= 0.6 is 11.6 Å². The molecule has 0 radical (unpaired) electrons. The van der Waals surface area contributed by atoms with Crippen molar-refractivity contribution in [1.82, 2.24) is 14.5 Å². The fraction of sp³-hybridized carbons (Fsp3) is 0.658. The average Bonchev–Trinajstić information content (AvgIpc) is 3.75. The maximum Gasteiger partial charge on any atom is 0.439 e. The Hall–Kier alpha value is -2.30. The van der Waals surface area contributed by atoms with Crippen molar-refractivity contribution in [2.75, 3.05) is 32.7 Å². The number of rotatable bonds is 16. The molecule has 1 aromatic carbocycles. The number of aromatic nitrogens is 3. The van der Waals surface area contributed by atoms with E-state index >= 15 is 8.78 Å². The van der Waals surface area contributed by atoms with E-state index < -0.39 is 65.6 Å². The lowest BCUT2D eigenvalue weighted by Gasteiger charge is -2.39. The summed E-state index contributed by atoms with van der Waals surface area (Å²) in [5, 5.41) is 0.121. The second-order valence-corrected chi connectivity index (χ2v) is 36.6. The lowest BCUT2D eigenvalue weighted by molar-refractivity contribution is 0.00686. The maximum atomic E-state index is 15.4. The highest BCUT2D eigenvalue weighted by atomic mass is 35.5. The molecule has 5 rings (SSSR count). The number of hydrogen-bond acceptors (Lipinski definition) is 10. The van der Waals surface area contributed by atoms with Crippen LogP contribution in [0.4, 0.5) is 13.6 Å². The van der Waals surface area contributed by atoms with Crippen LogP contribution in [0.15, 0.2) is 27.5 Å². The summed E-state index contributed by atoms with van der Waals surface area (Å²) in [6.07, 6.45) is -0.483. The van der Waals surface area contributed by atoms with Gasteiger partial charge < -0.3 is 32.8 Å². The van der Waals surface area contributed by atoms with Gasteiger partial charge in [0.05, 0.1) is 31.5 Å². The largest absolute Gasteiger partial charge is 0.471 e. The molecule has 0 aliphatic carbocycles. The molecule has 19 heteroatoms. The van der Waals surface area contributed by atoms with Gasteiger partial charge in [0.2, 0.25) is 5.88 Å². The zero-order valence-corrected chi connectivity index (χ0v) is 39.9. The van der Waals surface area contributed by atoms with Gasteiger partial charge in [-0.2, -0.15) is 9.97 Å². The van der Waals surface area contributed by atoms with E-state index in [1.54, 1.807) is 16.9 Å². The van der Waals surface area contributed by atoms with Crippen LogP contribution in [-0.4, -0.2) is 102 Å². The van der Waals surface area contributed by atoms with Crippen LogP contribution in [0.2, 0.25) is 74.5 Å². The number of fused-ring (bicyclic) bond motifs is 2. The fourth-order valence-electron chi connectivity index (χ4n) is 5.82. The predicted octanol–water partition coefficient (Wildman–Crippen LogP) is 9.46. The molecular weight excluding hydrogens is 830 g/mol. The number of ether oxygens (including phenoxy) is 6. The lowest BCUT2D eigenvalue weighted by atomic mass is 10.1. The molecule has 2 aromatic heterocycles. The average molecular weight is 890 g/mol. The van der Waals surface area contributed by atoms with Crippen molar-refractivity contribution in [3.05, 3.63) is 40.4 Å². The summed E-state index contributed by atoms with van der Waals surface area (Å²) in [4.78, 5) is 21.8. The molecule has 2 aliphatic rings. The van der Waals surface area contributed by atoms with E-state index in [9.17, 15) is 4.79 Å². The molecule has 2 fully saturated rings. The third-order valence-electron chi connectivity index (χ3n) is 10.4. The number of imidazole rings is 1. The molecule has 318 valence electrons. The van der Waals surface area contributed by atoms with E-state index in [0.29, 0.717) is 24.4 Å². The first-order valence-corrected chi connectivity index (χ1v) is 31.6. The third kappa shape index (κ3) is 11.9. The van der Waals surface area contributed by atoms with Crippen LogP contribution in [0.3, 0.4) is 0 Å². The SMILES string of the molecule is CS(=NC(=O)OCC[Si](C)(C)C)c1cc(F)c(COc2nc3c(cc2Cl)nc(O[C@@H]2CO[C@H]4[C@@H]2OC[C@H]4O[Si](C)(C)C(C)(C)C)n3COCC[Si](C)(C)C)c(F)c1. The van der Waals surface area contributed by atoms with Crippen molar-refractivity contribution in [3.63, 3.8) is 0 Å². The predicted molar refractivity (Wildman–Crippen MR) is 227 cm³/mol. The molecule has 0 bridgehead atoms. The second kappa shape index (κ2) is 18.1.